The molecular weight excluding hydrogens is 363 g/mol. The largest absolute Gasteiger partial charge is 0.439 e. The number of aromatic nitrogens is 1. The standard InChI is InChI=1S/C13H12ClIN2O/c14-8-1-4-11(15)10(5-8)12-6-17-13(18-12)7-16-9-2-3-9/h1,4-6,9,16H,2-3,7H2. The van der Waals surface area contributed by atoms with Crippen molar-refractivity contribution in [2.45, 2.75) is 25.4 Å². The van der Waals surface area contributed by atoms with Crippen LogP contribution in [0.2, 0.25) is 5.02 Å². The summed E-state index contributed by atoms with van der Waals surface area (Å²) in [6.45, 7) is 0.696. The normalized spacial score (nSPS) is 15.0. The van der Waals surface area contributed by atoms with E-state index in [9.17, 15) is 0 Å². The van der Waals surface area contributed by atoms with Crippen LogP contribution in [-0.4, -0.2) is 11.0 Å². The second-order valence-electron chi connectivity index (χ2n) is 4.40. The molecule has 1 aliphatic carbocycles. The Morgan fingerprint density at radius 3 is 3.06 bits per heavy atom. The van der Waals surface area contributed by atoms with Gasteiger partial charge in [-0.2, -0.15) is 0 Å². The molecule has 1 aliphatic rings. The van der Waals surface area contributed by atoms with Crippen LogP contribution in [0.25, 0.3) is 11.3 Å². The maximum atomic E-state index is 6.01. The number of hydrogen-bond acceptors (Lipinski definition) is 3. The Morgan fingerprint density at radius 2 is 2.28 bits per heavy atom. The fourth-order valence-corrected chi connectivity index (χ4v) is 2.50. The van der Waals surface area contributed by atoms with E-state index in [-0.39, 0.29) is 0 Å². The van der Waals surface area contributed by atoms with E-state index in [1.807, 2.05) is 18.2 Å². The van der Waals surface area contributed by atoms with Gasteiger partial charge in [0.1, 0.15) is 0 Å². The van der Waals surface area contributed by atoms with Crippen LogP contribution < -0.4 is 5.32 Å². The van der Waals surface area contributed by atoms with Crippen LogP contribution in [0, 0.1) is 3.57 Å². The van der Waals surface area contributed by atoms with Gasteiger partial charge in [-0.1, -0.05) is 11.6 Å². The SMILES string of the molecule is Clc1ccc(I)c(-c2cnc(CNC3CC3)o2)c1. The van der Waals surface area contributed by atoms with Crippen molar-refractivity contribution in [3.63, 3.8) is 0 Å². The van der Waals surface area contributed by atoms with Crippen LogP contribution in [0.4, 0.5) is 0 Å². The fourth-order valence-electron chi connectivity index (χ4n) is 1.72. The van der Waals surface area contributed by atoms with Crippen molar-refractivity contribution in [2.75, 3.05) is 0 Å². The van der Waals surface area contributed by atoms with Crippen molar-refractivity contribution in [1.82, 2.24) is 10.3 Å². The summed E-state index contributed by atoms with van der Waals surface area (Å²) in [4.78, 5) is 4.29. The first kappa shape index (κ1) is 12.4. The Balaban J connectivity index is 1.80. The molecule has 5 heteroatoms. The second-order valence-corrected chi connectivity index (χ2v) is 6.00. The predicted octanol–water partition coefficient (Wildman–Crippen LogP) is 3.85. The number of benzene rings is 1. The molecule has 0 aliphatic heterocycles. The quantitative estimate of drug-likeness (QED) is 0.826. The van der Waals surface area contributed by atoms with Gasteiger partial charge in [0.25, 0.3) is 0 Å². The summed E-state index contributed by atoms with van der Waals surface area (Å²) in [7, 11) is 0. The Kier molecular flexibility index (Phi) is 3.59. The van der Waals surface area contributed by atoms with Crippen molar-refractivity contribution < 1.29 is 4.42 Å². The molecule has 0 amide bonds. The second kappa shape index (κ2) is 5.19. The van der Waals surface area contributed by atoms with Crippen molar-refractivity contribution in [3.8, 4) is 11.3 Å². The van der Waals surface area contributed by atoms with Crippen molar-refractivity contribution in [3.05, 3.63) is 38.9 Å². The maximum Gasteiger partial charge on any atom is 0.208 e. The number of nitrogens with one attached hydrogen (secondary N) is 1. The van der Waals surface area contributed by atoms with Gasteiger partial charge >= 0.3 is 0 Å². The molecule has 1 aromatic heterocycles. The smallest absolute Gasteiger partial charge is 0.208 e. The highest BCUT2D eigenvalue weighted by atomic mass is 127. The van der Waals surface area contributed by atoms with Crippen molar-refractivity contribution >= 4 is 34.2 Å². The van der Waals surface area contributed by atoms with E-state index in [4.69, 9.17) is 16.0 Å². The first-order valence-electron chi connectivity index (χ1n) is 5.86. The van der Waals surface area contributed by atoms with Gasteiger partial charge in [-0.25, -0.2) is 4.98 Å². The highest BCUT2D eigenvalue weighted by Crippen LogP contribution is 2.29. The van der Waals surface area contributed by atoms with E-state index >= 15 is 0 Å². The molecule has 0 spiro atoms. The monoisotopic (exact) mass is 374 g/mol. The van der Waals surface area contributed by atoms with Crippen LogP contribution in [0.1, 0.15) is 18.7 Å². The summed E-state index contributed by atoms with van der Waals surface area (Å²) in [5.41, 5.74) is 0.994. The lowest BCUT2D eigenvalue weighted by molar-refractivity contribution is 0.476. The molecule has 3 rings (SSSR count). The Labute approximate surface area is 124 Å². The number of oxazole rings is 1. The van der Waals surface area contributed by atoms with Gasteiger partial charge in [-0.05, 0) is 53.6 Å². The molecule has 0 unspecified atom stereocenters. The summed E-state index contributed by atoms with van der Waals surface area (Å²) >= 11 is 8.28. The lowest BCUT2D eigenvalue weighted by atomic mass is 10.2. The van der Waals surface area contributed by atoms with E-state index in [1.165, 1.54) is 12.8 Å². The van der Waals surface area contributed by atoms with Crippen LogP contribution in [0.3, 0.4) is 0 Å². The van der Waals surface area contributed by atoms with Gasteiger partial charge in [-0.15, -0.1) is 0 Å². The molecule has 3 nitrogen and oxygen atoms in total. The van der Waals surface area contributed by atoms with Crippen LogP contribution in [-0.2, 0) is 6.54 Å². The lowest BCUT2D eigenvalue weighted by Gasteiger charge is -2.01. The zero-order chi connectivity index (χ0) is 12.5. The van der Waals surface area contributed by atoms with Gasteiger partial charge in [0.15, 0.2) is 5.76 Å². The van der Waals surface area contributed by atoms with E-state index in [1.54, 1.807) is 6.20 Å². The summed E-state index contributed by atoms with van der Waals surface area (Å²) in [6.07, 6.45) is 4.29. The minimum atomic E-state index is 0.659. The highest BCUT2D eigenvalue weighted by Gasteiger charge is 2.21. The first-order chi connectivity index (χ1) is 8.72. The third-order valence-electron chi connectivity index (χ3n) is 2.87. The van der Waals surface area contributed by atoms with Crippen molar-refractivity contribution in [1.29, 1.82) is 0 Å². The first-order valence-corrected chi connectivity index (χ1v) is 7.31. The zero-order valence-electron chi connectivity index (χ0n) is 9.62. The third-order valence-corrected chi connectivity index (χ3v) is 4.04. The van der Waals surface area contributed by atoms with Gasteiger partial charge in [0.2, 0.25) is 5.89 Å². The fraction of sp³-hybridized carbons (Fsp3) is 0.308. The molecule has 18 heavy (non-hydrogen) atoms. The van der Waals surface area contributed by atoms with E-state index in [0.29, 0.717) is 17.6 Å². The molecule has 1 fully saturated rings. The third kappa shape index (κ3) is 2.87. The molecular formula is C13H12ClIN2O. The number of hydrogen-bond donors (Lipinski definition) is 1. The minimum absolute atomic E-state index is 0.659. The average Bonchev–Trinajstić information content (AvgIpc) is 3.08. The van der Waals surface area contributed by atoms with Crippen LogP contribution >= 0.6 is 34.2 Å². The van der Waals surface area contributed by atoms with E-state index in [2.05, 4.69) is 32.9 Å². The van der Waals surface area contributed by atoms with Crippen LogP contribution in [0.5, 0.6) is 0 Å². The molecule has 1 N–H and O–H groups in total. The molecule has 1 aromatic carbocycles. The highest BCUT2D eigenvalue weighted by molar-refractivity contribution is 14.1. The van der Waals surface area contributed by atoms with E-state index < -0.39 is 0 Å². The molecule has 0 atom stereocenters. The lowest BCUT2D eigenvalue weighted by Crippen LogP contribution is -2.15. The van der Waals surface area contributed by atoms with Gasteiger partial charge in [0.05, 0.1) is 12.7 Å². The zero-order valence-corrected chi connectivity index (χ0v) is 12.5. The van der Waals surface area contributed by atoms with E-state index in [0.717, 1.165) is 20.8 Å². The predicted molar refractivity (Wildman–Crippen MR) is 79.5 cm³/mol. The molecule has 1 heterocycles. The van der Waals surface area contributed by atoms with Crippen LogP contribution in [0.15, 0.2) is 28.8 Å². The minimum Gasteiger partial charge on any atom is -0.439 e. The number of nitrogens with zero attached hydrogens (tertiary/aromatic N) is 1. The Morgan fingerprint density at radius 1 is 1.44 bits per heavy atom. The summed E-state index contributed by atoms with van der Waals surface area (Å²) in [5.74, 6) is 1.50. The number of rotatable bonds is 4. The molecule has 1 saturated carbocycles. The summed E-state index contributed by atoms with van der Waals surface area (Å²) in [5, 5.41) is 4.09. The molecule has 0 saturated heterocycles. The number of halogens is 2. The summed E-state index contributed by atoms with van der Waals surface area (Å²) in [6, 6.07) is 6.41. The molecule has 94 valence electrons. The molecule has 0 bridgehead atoms. The maximum absolute atomic E-state index is 6.01. The van der Waals surface area contributed by atoms with Gasteiger partial charge < -0.3 is 9.73 Å². The Hall–Kier alpha value is -0.590. The summed E-state index contributed by atoms with van der Waals surface area (Å²) < 4.78 is 6.85. The van der Waals surface area contributed by atoms with Gasteiger partial charge in [0, 0.05) is 20.2 Å². The average molecular weight is 375 g/mol. The Bertz CT molecular complexity index is 566. The topological polar surface area (TPSA) is 38.1 Å². The molecule has 2 aromatic rings. The van der Waals surface area contributed by atoms with Gasteiger partial charge in [-0.3, -0.25) is 0 Å². The molecule has 0 radical (unpaired) electrons. The van der Waals surface area contributed by atoms with Crippen molar-refractivity contribution in [2.24, 2.45) is 0 Å².